The van der Waals surface area contributed by atoms with Crippen molar-refractivity contribution < 1.29 is 4.79 Å². The Balaban J connectivity index is 2.40. The van der Waals surface area contributed by atoms with E-state index in [9.17, 15) is 4.79 Å². The molecule has 0 saturated heterocycles. The van der Waals surface area contributed by atoms with Gasteiger partial charge >= 0.3 is 0 Å². The lowest BCUT2D eigenvalue weighted by atomic mass is 9.72. The minimum absolute atomic E-state index is 0.365. The summed E-state index contributed by atoms with van der Waals surface area (Å²) in [7, 11) is 3.90. The monoisotopic (exact) mass is 250 g/mol. The Labute approximate surface area is 106 Å². The van der Waals surface area contributed by atoms with E-state index in [0.29, 0.717) is 5.02 Å². The molecule has 0 amide bonds. The molecule has 3 nitrogen and oxygen atoms in total. The second-order valence-corrected chi connectivity index (χ2v) is 5.06. The van der Waals surface area contributed by atoms with Crippen molar-refractivity contribution >= 4 is 23.4 Å². The van der Waals surface area contributed by atoms with Crippen LogP contribution in [0.3, 0.4) is 0 Å². The van der Waals surface area contributed by atoms with Crippen molar-refractivity contribution in [3.05, 3.63) is 28.8 Å². The lowest BCUT2D eigenvalue weighted by Crippen LogP contribution is -2.31. The summed E-state index contributed by atoms with van der Waals surface area (Å²) in [5.41, 5.74) is 1.62. The van der Waals surface area contributed by atoms with Crippen molar-refractivity contribution in [1.82, 2.24) is 0 Å². The van der Waals surface area contributed by atoms with Crippen LogP contribution in [-0.2, 0) is 10.3 Å². The number of hydrogen-bond acceptors (Lipinski definition) is 3. The number of aliphatic imine (C=N–C) groups is 1. The summed E-state index contributed by atoms with van der Waals surface area (Å²) < 4.78 is 0. The van der Waals surface area contributed by atoms with Crippen LogP contribution in [0.5, 0.6) is 0 Å². The van der Waals surface area contributed by atoms with Gasteiger partial charge in [-0.25, -0.2) is 4.79 Å². The third-order valence-electron chi connectivity index (χ3n) is 3.41. The predicted molar refractivity (Wildman–Crippen MR) is 69.4 cm³/mol. The Morgan fingerprint density at radius 3 is 2.53 bits per heavy atom. The van der Waals surface area contributed by atoms with Gasteiger partial charge < -0.3 is 4.90 Å². The highest BCUT2D eigenvalue weighted by atomic mass is 35.5. The number of nitrogens with zero attached hydrogens (tertiary/aromatic N) is 2. The van der Waals surface area contributed by atoms with Gasteiger partial charge in [-0.05, 0) is 37.0 Å². The van der Waals surface area contributed by atoms with Gasteiger partial charge in [0.15, 0.2) is 0 Å². The second kappa shape index (κ2) is 4.52. The Bertz CT molecular complexity index is 474. The van der Waals surface area contributed by atoms with Crippen LogP contribution in [0.1, 0.15) is 24.8 Å². The van der Waals surface area contributed by atoms with E-state index in [2.05, 4.69) is 4.99 Å². The molecule has 0 unspecified atom stereocenters. The molecule has 1 aromatic rings. The van der Waals surface area contributed by atoms with E-state index in [4.69, 9.17) is 11.6 Å². The summed E-state index contributed by atoms with van der Waals surface area (Å²) in [6.07, 6.45) is 4.59. The maximum Gasteiger partial charge on any atom is 0.235 e. The first-order valence-electron chi connectivity index (χ1n) is 5.65. The van der Waals surface area contributed by atoms with Crippen molar-refractivity contribution in [2.75, 3.05) is 19.0 Å². The molecule has 2 rings (SSSR count). The fraction of sp³-hybridized carbons (Fsp3) is 0.462. The van der Waals surface area contributed by atoms with Crippen LogP contribution in [-0.4, -0.2) is 20.2 Å². The molecule has 0 aliphatic heterocycles. The predicted octanol–water partition coefficient (Wildman–Crippen LogP) is 3.12. The smallest absolute Gasteiger partial charge is 0.235 e. The number of hydrogen-bond donors (Lipinski definition) is 0. The molecule has 1 saturated carbocycles. The van der Waals surface area contributed by atoms with Crippen molar-refractivity contribution in [2.24, 2.45) is 4.99 Å². The van der Waals surface area contributed by atoms with E-state index in [1.54, 1.807) is 6.08 Å². The maximum absolute atomic E-state index is 10.5. The fourth-order valence-electron chi connectivity index (χ4n) is 2.22. The van der Waals surface area contributed by atoms with Gasteiger partial charge in [0.05, 0.1) is 16.2 Å². The molecular formula is C13H15ClN2O. The molecule has 17 heavy (non-hydrogen) atoms. The number of anilines is 1. The van der Waals surface area contributed by atoms with E-state index in [1.807, 2.05) is 37.2 Å². The normalized spacial score (nSPS) is 16.9. The zero-order chi connectivity index (χ0) is 12.5. The van der Waals surface area contributed by atoms with Crippen molar-refractivity contribution in [3.63, 3.8) is 0 Å². The molecule has 4 heteroatoms. The number of carbonyl (C=O) groups excluding carboxylic acids is 1. The Morgan fingerprint density at radius 1 is 1.41 bits per heavy atom. The number of rotatable bonds is 3. The van der Waals surface area contributed by atoms with Crippen molar-refractivity contribution in [3.8, 4) is 0 Å². The first kappa shape index (κ1) is 12.2. The van der Waals surface area contributed by atoms with Gasteiger partial charge in [0.1, 0.15) is 0 Å². The molecule has 0 aromatic heterocycles. The maximum atomic E-state index is 10.5. The number of isocyanates is 1. The van der Waals surface area contributed by atoms with E-state index >= 15 is 0 Å². The molecule has 0 spiro atoms. The molecular weight excluding hydrogens is 236 g/mol. The number of halogens is 1. The average molecular weight is 251 g/mol. The van der Waals surface area contributed by atoms with Crippen LogP contribution in [0, 0.1) is 0 Å². The van der Waals surface area contributed by atoms with E-state index in [0.717, 1.165) is 30.5 Å². The third kappa shape index (κ3) is 2.08. The van der Waals surface area contributed by atoms with Crippen molar-refractivity contribution in [1.29, 1.82) is 0 Å². The Kier molecular flexibility index (Phi) is 3.23. The summed E-state index contributed by atoms with van der Waals surface area (Å²) in [5, 5.41) is 0.694. The highest BCUT2D eigenvalue weighted by Crippen LogP contribution is 2.46. The summed E-state index contributed by atoms with van der Waals surface area (Å²) in [5.74, 6) is 0. The van der Waals surface area contributed by atoms with Gasteiger partial charge in [-0.2, -0.15) is 4.99 Å². The molecule has 0 radical (unpaired) electrons. The van der Waals surface area contributed by atoms with Crippen LogP contribution < -0.4 is 4.90 Å². The molecule has 1 aliphatic carbocycles. The van der Waals surface area contributed by atoms with Gasteiger partial charge in [0.25, 0.3) is 0 Å². The second-order valence-electron chi connectivity index (χ2n) is 4.65. The van der Waals surface area contributed by atoms with Crippen molar-refractivity contribution in [2.45, 2.75) is 24.8 Å². The highest BCUT2D eigenvalue weighted by Gasteiger charge is 2.39. The SMILES string of the molecule is CN(C)c1ccc(C2(N=C=O)CCC2)cc1Cl. The van der Waals surface area contributed by atoms with Gasteiger partial charge in [-0.1, -0.05) is 17.7 Å². The average Bonchev–Trinajstić information content (AvgIpc) is 2.22. The molecule has 0 bridgehead atoms. The standard InChI is InChI=1S/C13H15ClN2O/c1-16(2)12-5-4-10(8-11(12)14)13(15-9-17)6-3-7-13/h4-5,8H,3,6-7H2,1-2H3. The van der Waals surface area contributed by atoms with E-state index in [1.165, 1.54) is 0 Å². The summed E-state index contributed by atoms with van der Waals surface area (Å²) in [6, 6.07) is 5.89. The fourth-order valence-corrected chi connectivity index (χ4v) is 2.57. The van der Waals surface area contributed by atoms with Gasteiger partial charge in [0, 0.05) is 14.1 Å². The quantitative estimate of drug-likeness (QED) is 0.610. The first-order valence-corrected chi connectivity index (χ1v) is 6.03. The zero-order valence-corrected chi connectivity index (χ0v) is 10.8. The molecule has 1 aromatic carbocycles. The zero-order valence-electron chi connectivity index (χ0n) is 10.0. The largest absolute Gasteiger partial charge is 0.376 e. The summed E-state index contributed by atoms with van der Waals surface area (Å²) in [6.45, 7) is 0. The van der Waals surface area contributed by atoms with E-state index in [-0.39, 0.29) is 5.54 Å². The Hall–Kier alpha value is -1.31. The molecule has 0 N–H and O–H groups in total. The van der Waals surface area contributed by atoms with Crippen LogP contribution in [0.2, 0.25) is 5.02 Å². The molecule has 1 fully saturated rings. The summed E-state index contributed by atoms with van der Waals surface area (Å²) >= 11 is 6.23. The molecule has 0 atom stereocenters. The van der Waals surface area contributed by atoms with Gasteiger partial charge in [-0.3, -0.25) is 0 Å². The molecule has 1 aliphatic rings. The van der Waals surface area contributed by atoms with Crippen LogP contribution in [0.4, 0.5) is 5.69 Å². The Morgan fingerprint density at radius 2 is 2.12 bits per heavy atom. The minimum atomic E-state index is -0.365. The first-order chi connectivity index (χ1) is 8.09. The number of benzene rings is 1. The van der Waals surface area contributed by atoms with Crippen LogP contribution >= 0.6 is 11.6 Å². The minimum Gasteiger partial charge on any atom is -0.376 e. The topological polar surface area (TPSA) is 32.7 Å². The third-order valence-corrected chi connectivity index (χ3v) is 3.71. The summed E-state index contributed by atoms with van der Waals surface area (Å²) in [4.78, 5) is 16.4. The lowest BCUT2D eigenvalue weighted by Gasteiger charge is -2.37. The van der Waals surface area contributed by atoms with Gasteiger partial charge in [0.2, 0.25) is 6.08 Å². The lowest BCUT2D eigenvalue weighted by molar-refractivity contribution is 0.256. The molecule has 0 heterocycles. The van der Waals surface area contributed by atoms with Gasteiger partial charge in [-0.15, -0.1) is 0 Å². The highest BCUT2D eigenvalue weighted by molar-refractivity contribution is 6.33. The van der Waals surface area contributed by atoms with Crippen LogP contribution in [0.15, 0.2) is 23.2 Å². The van der Waals surface area contributed by atoms with Crippen LogP contribution in [0.25, 0.3) is 0 Å². The van der Waals surface area contributed by atoms with E-state index < -0.39 is 0 Å². The molecule has 90 valence electrons.